The van der Waals surface area contributed by atoms with Gasteiger partial charge in [-0.25, -0.2) is 12.8 Å². The molecule has 1 amide bonds. The molecule has 13 heteroatoms. The largest absolute Gasteiger partial charge is 0.403 e. The molecule has 3 heterocycles. The van der Waals surface area contributed by atoms with Crippen LogP contribution in [-0.4, -0.2) is 62.6 Å². The number of rotatable bonds is 4. The summed E-state index contributed by atoms with van der Waals surface area (Å²) < 4.78 is 52.2. The molecule has 0 unspecified atom stereocenters. The van der Waals surface area contributed by atoms with E-state index >= 15 is 4.39 Å². The van der Waals surface area contributed by atoms with Gasteiger partial charge in [0.15, 0.2) is 9.84 Å². The Morgan fingerprint density at radius 2 is 1.86 bits per heavy atom. The quantitative estimate of drug-likeness (QED) is 0.547. The molecule has 0 bridgehead atoms. The Bertz CT molecular complexity index is 1380. The summed E-state index contributed by atoms with van der Waals surface area (Å²) in [5.41, 5.74) is 6.47. The molecule has 184 valence electrons. The topological polar surface area (TPSA) is 132 Å². The van der Waals surface area contributed by atoms with Crippen molar-refractivity contribution in [3.63, 3.8) is 0 Å². The van der Waals surface area contributed by atoms with E-state index in [0.717, 1.165) is 6.07 Å². The number of hydrogen-bond acceptors (Lipinski definition) is 9. The van der Waals surface area contributed by atoms with Crippen LogP contribution in [0.4, 0.5) is 16.1 Å². The van der Waals surface area contributed by atoms with Crippen molar-refractivity contribution in [1.29, 1.82) is 0 Å². The number of halogens is 2. The lowest BCUT2D eigenvalue weighted by Gasteiger charge is -2.25. The molecule has 0 radical (unpaired) electrons. The Kier molecular flexibility index (Phi) is 6.21. The molecule has 0 saturated carbocycles. The molecule has 10 nitrogen and oxygen atoms in total. The highest BCUT2D eigenvalue weighted by Crippen LogP contribution is 2.37. The van der Waals surface area contributed by atoms with Crippen LogP contribution < -0.4 is 15.5 Å². The monoisotopic (exact) mass is 521 g/mol. The molecule has 1 saturated heterocycles. The van der Waals surface area contributed by atoms with Crippen LogP contribution in [0.2, 0.25) is 5.02 Å². The van der Waals surface area contributed by atoms with Crippen molar-refractivity contribution < 1.29 is 26.8 Å². The lowest BCUT2D eigenvalue weighted by Crippen LogP contribution is -2.45. The number of morpholine rings is 1. The van der Waals surface area contributed by atoms with Gasteiger partial charge in [0.1, 0.15) is 5.82 Å². The van der Waals surface area contributed by atoms with Crippen LogP contribution in [0.15, 0.2) is 45.7 Å². The van der Waals surface area contributed by atoms with E-state index in [1.807, 2.05) is 0 Å². The molecule has 2 aliphatic heterocycles. The van der Waals surface area contributed by atoms with E-state index in [0.29, 0.717) is 36.9 Å². The first-order valence-corrected chi connectivity index (χ1v) is 12.8. The Morgan fingerprint density at radius 3 is 2.57 bits per heavy atom. The fourth-order valence-corrected chi connectivity index (χ4v) is 5.72. The number of hydrogen-bond donors (Lipinski definition) is 1. The first kappa shape index (κ1) is 23.7. The molecule has 1 atom stereocenters. The number of amides is 1. The summed E-state index contributed by atoms with van der Waals surface area (Å²) in [6.07, 6.45) is 0. The third-order valence-corrected chi connectivity index (χ3v) is 7.88. The number of carbonyl (C=O) groups excluding carboxylic acids is 1. The molecule has 5 rings (SSSR count). The molecule has 2 aliphatic rings. The number of aromatic nitrogens is 2. The Hall–Kier alpha value is -3.06. The number of fused-ring (bicyclic) bond motifs is 1. The second-order valence-corrected chi connectivity index (χ2v) is 10.7. The van der Waals surface area contributed by atoms with Gasteiger partial charge in [-0.2, -0.15) is 0 Å². The molecule has 0 spiro atoms. The smallest absolute Gasteiger partial charge is 0.318 e. The van der Waals surface area contributed by atoms with Gasteiger partial charge in [-0.1, -0.05) is 28.8 Å². The van der Waals surface area contributed by atoms with Crippen molar-refractivity contribution in [2.24, 2.45) is 5.73 Å². The minimum absolute atomic E-state index is 0.000154. The molecule has 2 aromatic carbocycles. The Labute approximate surface area is 205 Å². The number of ether oxygens (including phenoxy) is 1. The van der Waals surface area contributed by atoms with E-state index in [2.05, 4.69) is 10.2 Å². The Morgan fingerprint density at radius 1 is 1.14 bits per heavy atom. The summed E-state index contributed by atoms with van der Waals surface area (Å²) in [6.45, 7) is 2.05. The second kappa shape index (κ2) is 9.19. The minimum Gasteiger partial charge on any atom is -0.403 e. The zero-order valence-corrected chi connectivity index (χ0v) is 19.9. The lowest BCUT2D eigenvalue weighted by atomic mass is 10.1. The van der Waals surface area contributed by atoms with Crippen LogP contribution in [-0.2, 0) is 25.9 Å². The zero-order chi connectivity index (χ0) is 24.7. The molecule has 35 heavy (non-hydrogen) atoms. The Balaban J connectivity index is 1.60. The highest BCUT2D eigenvalue weighted by Gasteiger charge is 2.37. The summed E-state index contributed by atoms with van der Waals surface area (Å²) in [6, 6.07) is 7.71. The average molecular weight is 522 g/mol. The van der Waals surface area contributed by atoms with E-state index in [-0.39, 0.29) is 34.6 Å². The van der Waals surface area contributed by atoms with E-state index in [1.54, 1.807) is 29.2 Å². The molecule has 1 aromatic heterocycles. The van der Waals surface area contributed by atoms with Crippen LogP contribution in [0, 0.1) is 5.82 Å². The van der Waals surface area contributed by atoms with Crippen molar-refractivity contribution in [3.8, 4) is 11.5 Å². The van der Waals surface area contributed by atoms with Crippen LogP contribution in [0.1, 0.15) is 5.56 Å². The summed E-state index contributed by atoms with van der Waals surface area (Å²) >= 11 is 5.96. The maximum absolute atomic E-state index is 15.2. The molecular weight excluding hydrogens is 501 g/mol. The van der Waals surface area contributed by atoms with E-state index in [4.69, 9.17) is 26.5 Å². The van der Waals surface area contributed by atoms with Gasteiger partial charge in [0.05, 0.1) is 47.7 Å². The fourth-order valence-electron chi connectivity index (χ4n) is 4.03. The fraction of sp³-hybridized carbons (Fsp3) is 0.318. The van der Waals surface area contributed by atoms with Crippen molar-refractivity contribution in [2.45, 2.75) is 17.5 Å². The lowest BCUT2D eigenvalue weighted by molar-refractivity contribution is -0.119. The van der Waals surface area contributed by atoms with Gasteiger partial charge in [-0.3, -0.25) is 4.79 Å². The minimum atomic E-state index is -4.06. The van der Waals surface area contributed by atoms with Crippen LogP contribution in [0.25, 0.3) is 11.5 Å². The van der Waals surface area contributed by atoms with Crippen LogP contribution in [0.3, 0.4) is 0 Å². The highest BCUT2D eigenvalue weighted by molar-refractivity contribution is 7.91. The molecular formula is C22H21ClFN5O5S. The summed E-state index contributed by atoms with van der Waals surface area (Å²) in [7, 11) is -4.06. The third-order valence-electron chi connectivity index (χ3n) is 5.84. The SMILES string of the molecule is N[C@H]1CS(=O)(=O)c2cc(F)c(-c3nnc(N4CCOCC4)o3)cc2N(Cc2ccc(Cl)cc2)C1=O. The highest BCUT2D eigenvalue weighted by atomic mass is 35.5. The first-order chi connectivity index (χ1) is 16.7. The van der Waals surface area contributed by atoms with E-state index < -0.39 is 33.4 Å². The van der Waals surface area contributed by atoms with Crippen LogP contribution in [0.5, 0.6) is 0 Å². The summed E-state index contributed by atoms with van der Waals surface area (Å²) in [4.78, 5) is 15.9. The molecule has 0 aliphatic carbocycles. The number of nitrogens with two attached hydrogens (primary N) is 1. The average Bonchev–Trinajstić information content (AvgIpc) is 3.31. The zero-order valence-electron chi connectivity index (χ0n) is 18.4. The standard InChI is InChI=1S/C22H21ClFN5O5S/c23-14-3-1-13(2-4-14)11-29-18-9-15(20-26-27-22(34-20)28-5-7-33-8-6-28)16(24)10-19(18)35(31,32)12-17(25)21(29)30/h1-4,9-10,17H,5-8,11-12,25H2/t17-/m0/s1. The maximum Gasteiger partial charge on any atom is 0.318 e. The number of anilines is 2. The first-order valence-electron chi connectivity index (χ1n) is 10.8. The van der Waals surface area contributed by atoms with Crippen molar-refractivity contribution >= 4 is 39.0 Å². The third kappa shape index (κ3) is 4.61. The summed E-state index contributed by atoms with van der Waals surface area (Å²) in [5.74, 6) is -2.27. The summed E-state index contributed by atoms with van der Waals surface area (Å²) in [5, 5.41) is 8.45. The second-order valence-electron chi connectivity index (χ2n) is 8.23. The normalized spacial score (nSPS) is 20.0. The number of carbonyl (C=O) groups is 1. The van der Waals surface area contributed by atoms with Gasteiger partial charge in [0.2, 0.25) is 5.91 Å². The predicted octanol–water partition coefficient (Wildman–Crippen LogP) is 2.01. The van der Waals surface area contributed by atoms with E-state index in [1.165, 1.54) is 11.0 Å². The maximum atomic E-state index is 15.2. The van der Waals surface area contributed by atoms with Crippen molar-refractivity contribution in [2.75, 3.05) is 41.9 Å². The van der Waals surface area contributed by atoms with Gasteiger partial charge >= 0.3 is 6.01 Å². The number of sulfone groups is 1. The molecule has 3 aromatic rings. The van der Waals surface area contributed by atoms with Crippen LogP contribution >= 0.6 is 11.6 Å². The molecule has 1 fully saturated rings. The van der Waals surface area contributed by atoms with Gasteiger partial charge in [-0.05, 0) is 29.8 Å². The van der Waals surface area contributed by atoms with Crippen molar-refractivity contribution in [1.82, 2.24) is 10.2 Å². The van der Waals surface area contributed by atoms with Gasteiger partial charge in [0.25, 0.3) is 5.89 Å². The number of nitrogens with zero attached hydrogens (tertiary/aromatic N) is 4. The predicted molar refractivity (Wildman–Crippen MR) is 125 cm³/mol. The van der Waals surface area contributed by atoms with Gasteiger partial charge in [0, 0.05) is 18.1 Å². The van der Waals surface area contributed by atoms with Gasteiger partial charge < -0.3 is 24.7 Å². The number of benzene rings is 2. The molecule has 2 N–H and O–H groups in total. The van der Waals surface area contributed by atoms with E-state index in [9.17, 15) is 13.2 Å². The van der Waals surface area contributed by atoms with Gasteiger partial charge in [-0.15, -0.1) is 5.10 Å². The van der Waals surface area contributed by atoms with Crippen molar-refractivity contribution in [3.05, 3.63) is 52.8 Å².